The van der Waals surface area contributed by atoms with Crippen LogP contribution in [0.2, 0.25) is 0 Å². The molecule has 0 aliphatic heterocycles. The summed E-state index contributed by atoms with van der Waals surface area (Å²) >= 11 is 0. The summed E-state index contributed by atoms with van der Waals surface area (Å²) in [6.07, 6.45) is 0. The summed E-state index contributed by atoms with van der Waals surface area (Å²) in [4.78, 5) is 11.8. The number of benzene rings is 22. The van der Waals surface area contributed by atoms with Crippen molar-refractivity contribution in [1.29, 1.82) is 0 Å². The molecule has 30 rings (SSSR count). The Hall–Kier alpha value is -19.0. The first-order valence-corrected chi connectivity index (χ1v) is 48.8. The van der Waals surface area contributed by atoms with Crippen LogP contribution < -0.4 is 0 Å². The van der Waals surface area contributed by atoms with Gasteiger partial charge >= 0.3 is 0 Å². The highest BCUT2D eigenvalue weighted by atomic mass is 15.0. The maximum absolute atomic E-state index is 5.93. The summed E-state index contributed by atoms with van der Waals surface area (Å²) in [5, 5.41) is 16.6. The molecule has 0 unspecified atom stereocenters. The molecule has 7 aromatic heterocycles. The van der Waals surface area contributed by atoms with E-state index in [4.69, 9.17) is 9.97 Å². The lowest BCUT2D eigenvalue weighted by atomic mass is 9.92. The predicted molar refractivity (Wildman–Crippen MR) is 593 cm³/mol. The summed E-state index contributed by atoms with van der Waals surface area (Å²) in [5.74, 6) is 0.640. The van der Waals surface area contributed by atoms with Crippen LogP contribution in [-0.4, -0.2) is 37.4 Å². The molecule has 8 nitrogen and oxygen atoms in total. The van der Waals surface area contributed by atoms with Crippen LogP contribution in [-0.2, 0) is 0 Å². The Morgan fingerprint density at radius 3 is 0.768 bits per heavy atom. The minimum absolute atomic E-state index is 0.640. The van der Waals surface area contributed by atoms with E-state index in [0.717, 1.165) is 189 Å². The topological polar surface area (TPSA) is 55.4 Å². The maximum atomic E-state index is 5.93. The van der Waals surface area contributed by atoms with Crippen LogP contribution in [0, 0.1) is 0 Å². The van der Waals surface area contributed by atoms with Crippen LogP contribution in [0.5, 0.6) is 0 Å². The number of hydrogen-bond acceptors (Lipinski definition) is 2. The van der Waals surface area contributed by atoms with Gasteiger partial charge in [0.2, 0.25) is 0 Å². The first-order chi connectivity index (χ1) is 70.4. The standard InChI is InChI=1S/C134H82N8/c1-6-28-83(29-7-1)100-40-16-17-41-101(100)93-30-26-31-94(74-93)132-131-107-64-73-121(142-128-71-60-91(87-56-67-124-111(77-87)104-44-20-24-50-119(104)139(124)97-36-12-4-13-37-97)81-115(128)116-82-92(61-72-129(116)142)88-57-68-125-112(78-88)105-45-21-25-51-120(105)140(125)98-38-14-5-15-39-98)106-46-27-47-108(130(106)107)133(131)136-134(135-132)84-52-62-99(63-53-84)141-126-69-58-89(85-54-65-122-109(75-85)102-42-18-22-48-117(102)137(122)95-32-8-2-9-33-95)79-113(126)114-80-90(59-70-127(114)141)86-55-66-123-110(76-86)103-43-19-23-49-118(103)138(123)96-34-10-3-11-35-96/h1-82H. The van der Waals surface area contributed by atoms with Gasteiger partial charge in [0.1, 0.15) is 0 Å². The van der Waals surface area contributed by atoms with Gasteiger partial charge < -0.3 is 27.4 Å². The minimum Gasteiger partial charge on any atom is -0.309 e. The number of rotatable bonds is 14. The fourth-order valence-corrected chi connectivity index (χ4v) is 23.8. The normalized spacial score (nSPS) is 12.1. The van der Waals surface area contributed by atoms with Gasteiger partial charge in [-0.25, -0.2) is 9.97 Å². The third kappa shape index (κ3) is 12.1. The molecule has 0 N–H and O–H groups in total. The molecule has 0 spiro atoms. The van der Waals surface area contributed by atoms with Gasteiger partial charge in [-0.2, -0.15) is 0 Å². The van der Waals surface area contributed by atoms with Gasteiger partial charge in [0.05, 0.1) is 83.3 Å². The highest BCUT2D eigenvalue weighted by Gasteiger charge is 2.32. The Kier molecular flexibility index (Phi) is 17.4. The number of hydrogen-bond donors (Lipinski definition) is 0. The molecule has 8 heteroatoms. The summed E-state index contributed by atoms with van der Waals surface area (Å²) < 4.78 is 14.6. The minimum atomic E-state index is 0.640. The molecule has 0 fully saturated rings. The Bertz CT molecular complexity index is 9920. The fourth-order valence-electron chi connectivity index (χ4n) is 23.8. The molecular formula is C134H82N8. The van der Waals surface area contributed by atoms with Crippen molar-refractivity contribution in [3.05, 3.63) is 497 Å². The average Bonchev–Trinajstić information content (AvgIpc) is 1.54. The molecule has 7 heterocycles. The molecule has 1 aliphatic rings. The van der Waals surface area contributed by atoms with E-state index in [2.05, 4.69) is 525 Å². The largest absolute Gasteiger partial charge is 0.309 e. The van der Waals surface area contributed by atoms with E-state index in [1.165, 1.54) is 92.8 Å². The van der Waals surface area contributed by atoms with E-state index >= 15 is 0 Å². The van der Waals surface area contributed by atoms with Gasteiger partial charge in [-0.1, -0.05) is 291 Å². The van der Waals surface area contributed by atoms with Crippen molar-refractivity contribution in [3.8, 4) is 146 Å². The Balaban J connectivity index is 0.586. The number of aromatic nitrogens is 8. The van der Waals surface area contributed by atoms with E-state index in [1.54, 1.807) is 0 Å². The molecule has 0 bridgehead atoms. The van der Waals surface area contributed by atoms with Crippen LogP contribution >= 0.6 is 0 Å². The quantitative estimate of drug-likeness (QED) is 0.109. The second-order valence-corrected chi connectivity index (χ2v) is 37.8. The van der Waals surface area contributed by atoms with Crippen molar-refractivity contribution in [2.75, 3.05) is 0 Å². The van der Waals surface area contributed by atoms with E-state index in [1.807, 2.05) is 0 Å². The molecule has 0 saturated heterocycles. The second-order valence-electron chi connectivity index (χ2n) is 37.8. The molecule has 658 valence electrons. The number of para-hydroxylation sites is 8. The zero-order valence-corrected chi connectivity index (χ0v) is 76.9. The molecule has 1 aliphatic carbocycles. The first kappa shape index (κ1) is 79.2. The third-order valence-electron chi connectivity index (χ3n) is 30.1. The average molecular weight is 1800 g/mol. The lowest BCUT2D eigenvalue weighted by Crippen LogP contribution is -1.99. The maximum Gasteiger partial charge on any atom is 0.160 e. The smallest absolute Gasteiger partial charge is 0.160 e. The van der Waals surface area contributed by atoms with Crippen molar-refractivity contribution in [2.45, 2.75) is 0 Å². The number of nitrogens with zero attached hydrogens (tertiary/aromatic N) is 8. The molecule has 0 atom stereocenters. The highest BCUT2D eigenvalue weighted by molar-refractivity contribution is 6.23. The van der Waals surface area contributed by atoms with Gasteiger partial charge in [0.15, 0.2) is 5.82 Å². The van der Waals surface area contributed by atoms with E-state index in [0.29, 0.717) is 5.82 Å². The van der Waals surface area contributed by atoms with Crippen LogP contribution in [0.1, 0.15) is 0 Å². The Labute approximate surface area is 816 Å². The molecule has 0 amide bonds. The van der Waals surface area contributed by atoms with E-state index in [-0.39, 0.29) is 0 Å². The molecule has 22 aromatic carbocycles. The van der Waals surface area contributed by atoms with Gasteiger partial charge in [-0.05, 0) is 279 Å². The summed E-state index contributed by atoms with van der Waals surface area (Å²) in [7, 11) is 0. The summed E-state index contributed by atoms with van der Waals surface area (Å²) in [5.41, 5.74) is 41.1. The molecule has 0 radical (unpaired) electrons. The molecule has 29 aromatic rings. The van der Waals surface area contributed by atoms with Gasteiger partial charge in [0, 0.05) is 126 Å². The molecule has 142 heavy (non-hydrogen) atoms. The highest BCUT2D eigenvalue weighted by Crippen LogP contribution is 2.54. The lowest BCUT2D eigenvalue weighted by Gasteiger charge is -2.15. The SMILES string of the molecule is c1ccc(-c2ccccc2-c2cccc(-c3nc(-c4ccc(-n5c6ccc(-c7ccc8c(c7)c7ccccc7n8-c7ccccc7)cc6c6cc(-c7ccc8c(c7)c7ccccc7n8-c7ccccc7)ccc65)cc4)nc4c3-c3ccc(-n5c6ccc(-c7ccc8c(c7)c7ccccc7n8-c7ccccc7)cc6c6cc(-c7ccc8c(c7)c7ccccc7n8-c7ccccc7)ccc65)c5cccc-4c35)c2)cc1. The van der Waals surface area contributed by atoms with Crippen molar-refractivity contribution in [1.82, 2.24) is 37.4 Å². The van der Waals surface area contributed by atoms with Crippen LogP contribution in [0.4, 0.5) is 0 Å². The number of fused-ring (bicyclic) bond motifs is 21. The van der Waals surface area contributed by atoms with E-state index < -0.39 is 0 Å². The van der Waals surface area contributed by atoms with E-state index in [9.17, 15) is 0 Å². The van der Waals surface area contributed by atoms with Crippen molar-refractivity contribution < 1.29 is 0 Å². The van der Waals surface area contributed by atoms with Gasteiger partial charge in [0.25, 0.3) is 0 Å². The predicted octanol–water partition coefficient (Wildman–Crippen LogP) is 35.2. The zero-order valence-electron chi connectivity index (χ0n) is 76.9. The van der Waals surface area contributed by atoms with Gasteiger partial charge in [-0.15, -0.1) is 0 Å². The lowest BCUT2D eigenvalue weighted by molar-refractivity contribution is 1.17. The first-order valence-electron chi connectivity index (χ1n) is 48.8. The van der Waals surface area contributed by atoms with Crippen molar-refractivity contribution >= 4 is 142 Å². The van der Waals surface area contributed by atoms with Gasteiger partial charge in [-0.3, -0.25) is 0 Å². The zero-order chi connectivity index (χ0) is 92.9. The molecule has 0 saturated carbocycles. The second kappa shape index (κ2) is 31.3. The van der Waals surface area contributed by atoms with Crippen molar-refractivity contribution in [3.63, 3.8) is 0 Å². The fraction of sp³-hybridized carbons (Fsp3) is 0. The third-order valence-corrected chi connectivity index (χ3v) is 30.1. The Morgan fingerprint density at radius 1 is 0.134 bits per heavy atom. The summed E-state index contributed by atoms with van der Waals surface area (Å²) in [6, 6.07) is 184. The summed E-state index contributed by atoms with van der Waals surface area (Å²) in [6.45, 7) is 0. The van der Waals surface area contributed by atoms with Crippen LogP contribution in [0.25, 0.3) is 288 Å². The Morgan fingerprint density at radius 2 is 0.394 bits per heavy atom. The van der Waals surface area contributed by atoms with Crippen molar-refractivity contribution in [2.24, 2.45) is 0 Å². The monoisotopic (exact) mass is 1800 g/mol. The molecular weight excluding hydrogens is 1720 g/mol. The van der Waals surface area contributed by atoms with Crippen LogP contribution in [0.15, 0.2) is 497 Å². The van der Waals surface area contributed by atoms with Crippen LogP contribution in [0.3, 0.4) is 0 Å².